The second-order valence-corrected chi connectivity index (χ2v) is 11.7. The van der Waals surface area contributed by atoms with E-state index in [9.17, 15) is 4.79 Å². The number of nitrogens with zero attached hydrogens (tertiary/aromatic N) is 5. The number of fused-ring (bicyclic) bond motifs is 5. The molecule has 4 aromatic rings. The predicted octanol–water partition coefficient (Wildman–Crippen LogP) is 7.16. The monoisotopic (exact) mass is 604 g/mol. The van der Waals surface area contributed by atoms with Gasteiger partial charge in [-0.05, 0) is 91.2 Å². The summed E-state index contributed by atoms with van der Waals surface area (Å²) in [5.74, 6) is 3.35. The summed E-state index contributed by atoms with van der Waals surface area (Å²) in [6.45, 7) is 16.4. The Kier molecular flexibility index (Phi) is 8.34. The molecule has 1 fully saturated rings. The molecule has 1 saturated heterocycles. The standard InChI is InChI=1S/C36H40N6O3/c1-7-23(4)28-19-27(11-13-30(28)40(6)9-3)45-32-15-10-25(18-24(32)5)39-36-34-29(37-22-38-36)12-14-31-35(34)44-21-26-20-41(33(43)8-2)16-17-42(26)31/h8-15,18-19,22-23,26H,2-3,7,16-17,20-21H2,1,4-6H3,(H,37,38,39). The highest BCUT2D eigenvalue weighted by molar-refractivity contribution is 6.00. The number of amides is 1. The minimum absolute atomic E-state index is 0.0457. The first-order valence-corrected chi connectivity index (χ1v) is 15.4. The van der Waals surface area contributed by atoms with Crippen LogP contribution in [0.15, 0.2) is 80.3 Å². The van der Waals surface area contributed by atoms with Gasteiger partial charge in [0.15, 0.2) is 5.75 Å². The smallest absolute Gasteiger partial charge is 0.246 e. The van der Waals surface area contributed by atoms with Crippen LogP contribution in [0.25, 0.3) is 10.9 Å². The first-order valence-electron chi connectivity index (χ1n) is 15.4. The van der Waals surface area contributed by atoms with Gasteiger partial charge in [0.2, 0.25) is 5.91 Å². The third kappa shape index (κ3) is 5.78. The molecule has 0 bridgehead atoms. The molecule has 1 amide bonds. The van der Waals surface area contributed by atoms with Crippen LogP contribution in [0, 0.1) is 6.92 Å². The fraction of sp³-hybridized carbons (Fsp3) is 0.306. The number of nitrogens with one attached hydrogen (secondary N) is 1. The maximum atomic E-state index is 12.2. The summed E-state index contributed by atoms with van der Waals surface area (Å²) in [7, 11) is 2.01. The fourth-order valence-electron chi connectivity index (χ4n) is 6.14. The van der Waals surface area contributed by atoms with Gasteiger partial charge in [-0.15, -0.1) is 0 Å². The lowest BCUT2D eigenvalue weighted by molar-refractivity contribution is -0.127. The van der Waals surface area contributed by atoms with E-state index in [4.69, 9.17) is 9.47 Å². The maximum absolute atomic E-state index is 12.2. The zero-order valence-corrected chi connectivity index (χ0v) is 26.4. The van der Waals surface area contributed by atoms with Gasteiger partial charge in [0, 0.05) is 38.1 Å². The van der Waals surface area contributed by atoms with Crippen LogP contribution in [0.2, 0.25) is 0 Å². The summed E-state index contributed by atoms with van der Waals surface area (Å²) < 4.78 is 12.8. The summed E-state index contributed by atoms with van der Waals surface area (Å²) >= 11 is 0. The zero-order chi connectivity index (χ0) is 31.7. The highest BCUT2D eigenvalue weighted by Crippen LogP contribution is 2.43. The molecule has 3 heterocycles. The molecule has 0 spiro atoms. The van der Waals surface area contributed by atoms with Gasteiger partial charge in [-0.25, -0.2) is 9.97 Å². The van der Waals surface area contributed by atoms with Gasteiger partial charge < -0.3 is 29.5 Å². The molecule has 0 saturated carbocycles. The van der Waals surface area contributed by atoms with E-state index in [1.165, 1.54) is 11.6 Å². The topological polar surface area (TPSA) is 83.1 Å². The van der Waals surface area contributed by atoms with Crippen molar-refractivity contribution in [3.63, 3.8) is 0 Å². The minimum Gasteiger partial charge on any atom is -0.488 e. The van der Waals surface area contributed by atoms with Crippen molar-refractivity contribution in [2.24, 2.45) is 0 Å². The van der Waals surface area contributed by atoms with Crippen molar-refractivity contribution in [2.75, 3.05) is 48.4 Å². The van der Waals surface area contributed by atoms with Gasteiger partial charge in [0.1, 0.15) is 30.3 Å². The maximum Gasteiger partial charge on any atom is 0.246 e. The van der Waals surface area contributed by atoms with Crippen LogP contribution in [0.5, 0.6) is 17.2 Å². The van der Waals surface area contributed by atoms with Crippen molar-refractivity contribution in [1.29, 1.82) is 0 Å². The Bertz CT molecular complexity index is 1770. The van der Waals surface area contributed by atoms with Gasteiger partial charge in [0.05, 0.1) is 22.6 Å². The van der Waals surface area contributed by atoms with Crippen LogP contribution in [-0.2, 0) is 4.79 Å². The zero-order valence-electron chi connectivity index (χ0n) is 26.4. The van der Waals surface area contributed by atoms with Crippen LogP contribution < -0.4 is 24.6 Å². The summed E-state index contributed by atoms with van der Waals surface area (Å²) in [5.41, 5.74) is 6.02. The van der Waals surface area contributed by atoms with Crippen molar-refractivity contribution in [1.82, 2.24) is 14.9 Å². The predicted molar refractivity (Wildman–Crippen MR) is 181 cm³/mol. The highest BCUT2D eigenvalue weighted by Gasteiger charge is 2.35. The lowest BCUT2D eigenvalue weighted by Crippen LogP contribution is -2.58. The van der Waals surface area contributed by atoms with Gasteiger partial charge in [-0.2, -0.15) is 0 Å². The number of aromatic nitrogens is 2. The van der Waals surface area contributed by atoms with Crippen LogP contribution in [0.4, 0.5) is 22.9 Å². The van der Waals surface area contributed by atoms with Crippen molar-refractivity contribution in [3.8, 4) is 17.2 Å². The number of aryl methyl sites for hydroxylation is 1. The molecular weight excluding hydrogens is 564 g/mol. The Balaban J connectivity index is 1.25. The van der Waals surface area contributed by atoms with Crippen LogP contribution in [-0.4, -0.2) is 60.1 Å². The molecule has 2 aliphatic rings. The second kappa shape index (κ2) is 12.5. The molecular formula is C36H40N6O3. The Morgan fingerprint density at radius 3 is 2.78 bits per heavy atom. The molecule has 9 heteroatoms. The molecule has 0 radical (unpaired) electrons. The summed E-state index contributed by atoms with van der Waals surface area (Å²) in [6.07, 6.45) is 5.79. The molecule has 232 valence electrons. The highest BCUT2D eigenvalue weighted by atomic mass is 16.5. The van der Waals surface area contributed by atoms with Crippen molar-refractivity contribution in [2.45, 2.75) is 39.2 Å². The first-order chi connectivity index (χ1) is 21.8. The van der Waals surface area contributed by atoms with Crippen molar-refractivity contribution < 1.29 is 14.3 Å². The number of carbonyl (C=O) groups is 1. The van der Waals surface area contributed by atoms with Gasteiger partial charge in [0.25, 0.3) is 0 Å². The molecule has 1 N–H and O–H groups in total. The van der Waals surface area contributed by atoms with E-state index in [1.807, 2.05) is 54.2 Å². The Labute approximate surface area is 264 Å². The molecule has 1 aromatic heterocycles. The second-order valence-electron chi connectivity index (χ2n) is 11.7. The van der Waals surface area contributed by atoms with E-state index in [-0.39, 0.29) is 11.9 Å². The van der Waals surface area contributed by atoms with Gasteiger partial charge in [-0.3, -0.25) is 4.79 Å². The number of ether oxygens (including phenoxy) is 2. The molecule has 6 rings (SSSR count). The van der Waals surface area contributed by atoms with Crippen LogP contribution in [0.3, 0.4) is 0 Å². The molecule has 3 aromatic carbocycles. The number of anilines is 4. The van der Waals surface area contributed by atoms with Crippen LogP contribution >= 0.6 is 0 Å². The van der Waals surface area contributed by atoms with Crippen LogP contribution in [0.1, 0.15) is 37.3 Å². The summed E-state index contributed by atoms with van der Waals surface area (Å²) in [6, 6.07) is 16.4. The molecule has 2 aliphatic heterocycles. The Morgan fingerprint density at radius 1 is 1.18 bits per heavy atom. The van der Waals surface area contributed by atoms with E-state index < -0.39 is 0 Å². The van der Waals surface area contributed by atoms with E-state index >= 15 is 0 Å². The number of hydrogen-bond acceptors (Lipinski definition) is 8. The van der Waals surface area contributed by atoms with Crippen molar-refractivity contribution >= 4 is 39.7 Å². The Hall–Kier alpha value is -5.05. The number of carbonyl (C=O) groups excluding carboxylic acids is 1. The molecule has 2 atom stereocenters. The van der Waals surface area contributed by atoms with E-state index in [0.717, 1.165) is 63.7 Å². The molecule has 9 nitrogen and oxygen atoms in total. The largest absolute Gasteiger partial charge is 0.488 e. The van der Waals surface area contributed by atoms with Crippen molar-refractivity contribution in [3.05, 3.63) is 91.4 Å². The van der Waals surface area contributed by atoms with E-state index in [0.29, 0.717) is 31.4 Å². The summed E-state index contributed by atoms with van der Waals surface area (Å²) in [5, 5.41) is 4.34. The molecule has 2 unspecified atom stereocenters. The minimum atomic E-state index is -0.0457. The average Bonchev–Trinajstić information content (AvgIpc) is 3.07. The number of hydrogen-bond donors (Lipinski definition) is 1. The third-order valence-electron chi connectivity index (χ3n) is 8.90. The van der Waals surface area contributed by atoms with Gasteiger partial charge in [-0.1, -0.05) is 27.0 Å². The fourth-order valence-corrected chi connectivity index (χ4v) is 6.14. The lowest BCUT2D eigenvalue weighted by Gasteiger charge is -2.45. The molecule has 0 aliphatic carbocycles. The van der Waals surface area contributed by atoms with Gasteiger partial charge >= 0.3 is 0 Å². The normalized spacial score (nSPS) is 16.2. The van der Waals surface area contributed by atoms with E-state index in [2.05, 4.69) is 71.5 Å². The average molecular weight is 605 g/mol. The SMILES string of the molecule is C=CC(=O)N1CCN2c3ccc4ncnc(Nc5ccc(Oc6ccc(N(C)C=C)c(C(C)CC)c6)c(C)c5)c4c3OCC2C1. The Morgan fingerprint density at radius 2 is 2.02 bits per heavy atom. The number of benzene rings is 3. The lowest BCUT2D eigenvalue weighted by atomic mass is 9.96. The third-order valence-corrected chi connectivity index (χ3v) is 8.90. The quantitative estimate of drug-likeness (QED) is 0.202. The summed E-state index contributed by atoms with van der Waals surface area (Å²) in [4.78, 5) is 27.6. The number of rotatable bonds is 9. The first kappa shape index (κ1) is 30.0. The molecule has 45 heavy (non-hydrogen) atoms. The number of piperazine rings is 1. The van der Waals surface area contributed by atoms with E-state index in [1.54, 1.807) is 6.33 Å².